The number of rotatable bonds is 4. The molecule has 1 aromatic carbocycles. The fourth-order valence-electron chi connectivity index (χ4n) is 2.44. The van der Waals surface area contributed by atoms with Gasteiger partial charge in [-0.2, -0.15) is 0 Å². The second-order valence-corrected chi connectivity index (χ2v) is 4.61. The molecule has 1 heterocycles. The summed E-state index contributed by atoms with van der Waals surface area (Å²) in [7, 11) is 0. The molecule has 0 bridgehead atoms. The lowest BCUT2D eigenvalue weighted by molar-refractivity contribution is -0.888. The van der Waals surface area contributed by atoms with Crippen LogP contribution in [-0.2, 0) is 6.42 Å². The Morgan fingerprint density at radius 2 is 1.80 bits per heavy atom. The van der Waals surface area contributed by atoms with Gasteiger partial charge < -0.3 is 10.6 Å². The van der Waals surface area contributed by atoms with Gasteiger partial charge in [-0.15, -0.1) is 0 Å². The van der Waals surface area contributed by atoms with Crippen molar-refractivity contribution in [2.45, 2.75) is 25.3 Å². The summed E-state index contributed by atoms with van der Waals surface area (Å²) >= 11 is 0. The van der Waals surface area contributed by atoms with Crippen molar-refractivity contribution in [1.29, 1.82) is 0 Å². The highest BCUT2D eigenvalue weighted by Gasteiger charge is 2.18. The number of hydrogen-bond donors (Lipinski definition) is 2. The van der Waals surface area contributed by atoms with Crippen molar-refractivity contribution in [3.8, 4) is 0 Å². The minimum Gasteiger partial charge on any atom is -0.334 e. The largest absolute Gasteiger partial charge is 0.334 e. The van der Waals surface area contributed by atoms with E-state index in [2.05, 4.69) is 30.3 Å². The first-order valence-electron chi connectivity index (χ1n) is 5.97. The second-order valence-electron chi connectivity index (χ2n) is 4.61. The maximum Gasteiger partial charge on any atom is 0.0928 e. The normalized spacial score (nSPS) is 19.3. The number of hydrogen-bond acceptors (Lipinski definition) is 1. The van der Waals surface area contributed by atoms with E-state index in [4.69, 9.17) is 5.73 Å². The van der Waals surface area contributed by atoms with Crippen LogP contribution in [-0.4, -0.2) is 25.7 Å². The Hall–Kier alpha value is -0.860. The molecule has 1 fully saturated rings. The standard InChI is InChI=1S/C13H20N2/c14-13(11-15-8-4-5-9-15)10-12-6-2-1-3-7-12/h1-3,6-7,13H,4-5,8-11,14H2/p+1/t13-/m0/s1. The van der Waals surface area contributed by atoms with Gasteiger partial charge in [-0.3, -0.25) is 0 Å². The number of likely N-dealkylation sites (tertiary alicyclic amines) is 1. The van der Waals surface area contributed by atoms with Gasteiger partial charge in [0.05, 0.1) is 25.7 Å². The quantitative estimate of drug-likeness (QED) is 0.724. The SMILES string of the molecule is N[C@@H](Cc1ccccc1)C[NH+]1CCCC1. The molecule has 1 aromatic rings. The summed E-state index contributed by atoms with van der Waals surface area (Å²) in [4.78, 5) is 1.69. The second kappa shape index (κ2) is 5.29. The smallest absolute Gasteiger partial charge is 0.0928 e. The van der Waals surface area contributed by atoms with Gasteiger partial charge in [0.15, 0.2) is 0 Å². The zero-order valence-electron chi connectivity index (χ0n) is 9.28. The number of benzene rings is 1. The first-order chi connectivity index (χ1) is 7.34. The van der Waals surface area contributed by atoms with E-state index < -0.39 is 0 Å². The lowest BCUT2D eigenvalue weighted by Crippen LogP contribution is -3.11. The third-order valence-corrected chi connectivity index (χ3v) is 3.20. The Labute approximate surface area is 92.1 Å². The van der Waals surface area contributed by atoms with Crippen LogP contribution in [0.15, 0.2) is 30.3 Å². The van der Waals surface area contributed by atoms with E-state index in [9.17, 15) is 0 Å². The lowest BCUT2D eigenvalue weighted by atomic mass is 10.1. The molecule has 15 heavy (non-hydrogen) atoms. The number of quaternary nitrogens is 1. The van der Waals surface area contributed by atoms with Crippen molar-refractivity contribution in [3.63, 3.8) is 0 Å². The van der Waals surface area contributed by atoms with E-state index in [-0.39, 0.29) is 0 Å². The highest BCUT2D eigenvalue weighted by Crippen LogP contribution is 2.01. The van der Waals surface area contributed by atoms with Crippen LogP contribution >= 0.6 is 0 Å². The van der Waals surface area contributed by atoms with E-state index in [0.717, 1.165) is 13.0 Å². The van der Waals surface area contributed by atoms with Crippen molar-refractivity contribution in [3.05, 3.63) is 35.9 Å². The summed E-state index contributed by atoms with van der Waals surface area (Å²) in [5.74, 6) is 0. The van der Waals surface area contributed by atoms with Crippen LogP contribution in [0, 0.1) is 0 Å². The molecule has 2 rings (SSSR count). The molecule has 0 unspecified atom stereocenters. The summed E-state index contributed by atoms with van der Waals surface area (Å²) in [5, 5.41) is 0. The van der Waals surface area contributed by atoms with Gasteiger partial charge in [0.2, 0.25) is 0 Å². The maximum atomic E-state index is 6.16. The molecule has 0 amide bonds. The van der Waals surface area contributed by atoms with Crippen molar-refractivity contribution < 1.29 is 4.90 Å². The molecule has 0 saturated carbocycles. The third-order valence-electron chi connectivity index (χ3n) is 3.20. The predicted molar refractivity (Wildman–Crippen MR) is 62.9 cm³/mol. The molecule has 3 N–H and O–H groups in total. The summed E-state index contributed by atoms with van der Waals surface area (Å²) in [6, 6.07) is 10.9. The van der Waals surface area contributed by atoms with Gasteiger partial charge in [-0.05, 0) is 12.0 Å². The average Bonchev–Trinajstić information content (AvgIpc) is 2.71. The minimum atomic E-state index is 0.320. The Bertz CT molecular complexity index is 278. The topological polar surface area (TPSA) is 30.5 Å². The molecule has 0 radical (unpaired) electrons. The lowest BCUT2D eigenvalue weighted by Gasteiger charge is -2.17. The summed E-state index contributed by atoms with van der Waals surface area (Å²) in [6.07, 6.45) is 3.78. The molecule has 1 atom stereocenters. The van der Waals surface area contributed by atoms with E-state index in [1.807, 2.05) is 0 Å². The summed E-state index contributed by atoms with van der Waals surface area (Å²) in [5.41, 5.74) is 7.53. The van der Waals surface area contributed by atoms with Crippen molar-refractivity contribution in [1.82, 2.24) is 0 Å². The van der Waals surface area contributed by atoms with Crippen LogP contribution in [0.3, 0.4) is 0 Å². The average molecular weight is 205 g/mol. The van der Waals surface area contributed by atoms with Crippen molar-refractivity contribution >= 4 is 0 Å². The van der Waals surface area contributed by atoms with Crippen LogP contribution in [0.2, 0.25) is 0 Å². The molecule has 2 heteroatoms. The molecule has 82 valence electrons. The summed E-state index contributed by atoms with van der Waals surface area (Å²) < 4.78 is 0. The van der Waals surface area contributed by atoms with Crippen molar-refractivity contribution in [2.75, 3.05) is 19.6 Å². The van der Waals surface area contributed by atoms with E-state index in [1.54, 1.807) is 4.90 Å². The monoisotopic (exact) mass is 205 g/mol. The highest BCUT2D eigenvalue weighted by molar-refractivity contribution is 5.15. The Kier molecular flexibility index (Phi) is 3.75. The third kappa shape index (κ3) is 3.33. The molecule has 0 spiro atoms. The molecule has 1 aliphatic heterocycles. The van der Waals surface area contributed by atoms with E-state index in [0.29, 0.717) is 6.04 Å². The number of nitrogens with two attached hydrogens (primary N) is 1. The zero-order chi connectivity index (χ0) is 10.5. The maximum absolute atomic E-state index is 6.16. The van der Waals surface area contributed by atoms with Gasteiger partial charge in [-0.1, -0.05) is 30.3 Å². The van der Waals surface area contributed by atoms with Crippen LogP contribution in [0.1, 0.15) is 18.4 Å². The molecular formula is C13H21N2+. The fraction of sp³-hybridized carbons (Fsp3) is 0.538. The molecule has 1 saturated heterocycles. The van der Waals surface area contributed by atoms with Crippen molar-refractivity contribution in [2.24, 2.45) is 5.73 Å². The Morgan fingerprint density at radius 3 is 2.47 bits per heavy atom. The van der Waals surface area contributed by atoms with E-state index >= 15 is 0 Å². The molecule has 0 aliphatic carbocycles. The Morgan fingerprint density at radius 1 is 1.13 bits per heavy atom. The molecule has 0 aromatic heterocycles. The van der Waals surface area contributed by atoms with Gasteiger partial charge in [-0.25, -0.2) is 0 Å². The zero-order valence-corrected chi connectivity index (χ0v) is 9.28. The number of nitrogens with one attached hydrogen (secondary N) is 1. The van der Waals surface area contributed by atoms with Gasteiger partial charge in [0.25, 0.3) is 0 Å². The first-order valence-corrected chi connectivity index (χ1v) is 5.97. The minimum absolute atomic E-state index is 0.320. The highest BCUT2D eigenvalue weighted by atomic mass is 15.1. The van der Waals surface area contributed by atoms with Gasteiger partial charge >= 0.3 is 0 Å². The van der Waals surface area contributed by atoms with Crippen LogP contribution in [0.5, 0.6) is 0 Å². The van der Waals surface area contributed by atoms with Gasteiger partial charge in [0, 0.05) is 12.8 Å². The van der Waals surface area contributed by atoms with Gasteiger partial charge in [0.1, 0.15) is 0 Å². The van der Waals surface area contributed by atoms with Crippen LogP contribution in [0.4, 0.5) is 0 Å². The van der Waals surface area contributed by atoms with E-state index in [1.165, 1.54) is 31.5 Å². The molecular weight excluding hydrogens is 184 g/mol. The van der Waals surface area contributed by atoms with Crippen LogP contribution < -0.4 is 10.6 Å². The predicted octanol–water partition coefficient (Wildman–Crippen LogP) is 0.235. The first kappa shape index (κ1) is 10.7. The fourth-order valence-corrected chi connectivity index (χ4v) is 2.44. The Balaban J connectivity index is 1.79. The summed E-state index contributed by atoms with van der Waals surface area (Å²) in [6.45, 7) is 3.78. The molecule has 1 aliphatic rings. The molecule has 2 nitrogen and oxygen atoms in total. The van der Waals surface area contributed by atoms with Crippen LogP contribution in [0.25, 0.3) is 0 Å².